The number of halogens is 3. The van der Waals surface area contributed by atoms with Crippen molar-refractivity contribution in [2.24, 2.45) is 0 Å². The lowest BCUT2D eigenvalue weighted by atomic mass is 10.0. The normalized spacial score (nSPS) is 11.4. The zero-order valence-electron chi connectivity index (χ0n) is 21.5. The number of nitrogens with zero attached hydrogens (tertiary/aromatic N) is 3. The van der Waals surface area contributed by atoms with Gasteiger partial charge in [-0.05, 0) is 56.7 Å². The standard InChI is InChI=1S/C28H26F3N5O3/c1-5-22-25(20-9-7-8-10-21(20)34-23(37)6-2)26(39)36-17(4)16(3)32-27(36)35(22)15-24(38)33-19-13-11-18(12-14-19)28(29,30)31/h6-14H,2,5,15H2,1,3-4H3,(H,33,38)(H,34,37). The number of amides is 2. The Kier molecular flexibility index (Phi) is 7.44. The number of carbonyl (C=O) groups excluding carboxylic acids is 2. The van der Waals surface area contributed by atoms with Crippen molar-refractivity contribution < 1.29 is 22.8 Å². The minimum absolute atomic E-state index is 0.191. The third-order valence-corrected chi connectivity index (χ3v) is 6.37. The molecule has 2 aromatic carbocycles. The smallest absolute Gasteiger partial charge is 0.325 e. The predicted molar refractivity (Wildman–Crippen MR) is 143 cm³/mol. The van der Waals surface area contributed by atoms with Crippen molar-refractivity contribution >= 4 is 29.0 Å². The lowest BCUT2D eigenvalue weighted by Gasteiger charge is -2.20. The fourth-order valence-corrected chi connectivity index (χ4v) is 4.39. The number of nitrogens with one attached hydrogen (secondary N) is 2. The van der Waals surface area contributed by atoms with Crippen LogP contribution < -0.4 is 16.2 Å². The van der Waals surface area contributed by atoms with Crippen LogP contribution in [0, 0.1) is 13.8 Å². The van der Waals surface area contributed by atoms with Gasteiger partial charge < -0.3 is 15.2 Å². The van der Waals surface area contributed by atoms with Crippen LogP contribution in [-0.2, 0) is 28.7 Å². The number of aromatic nitrogens is 3. The molecule has 4 aromatic rings. The van der Waals surface area contributed by atoms with Gasteiger partial charge in [-0.2, -0.15) is 13.2 Å². The van der Waals surface area contributed by atoms with E-state index in [-0.39, 0.29) is 29.1 Å². The molecule has 39 heavy (non-hydrogen) atoms. The summed E-state index contributed by atoms with van der Waals surface area (Å²) in [5.41, 5.74) is 1.82. The van der Waals surface area contributed by atoms with Crippen LogP contribution in [0.1, 0.15) is 29.6 Å². The van der Waals surface area contributed by atoms with Gasteiger partial charge in [0, 0.05) is 28.3 Å². The molecule has 2 aromatic heterocycles. The maximum absolute atomic E-state index is 13.9. The van der Waals surface area contributed by atoms with Gasteiger partial charge in [0.25, 0.3) is 5.56 Å². The van der Waals surface area contributed by atoms with Crippen LogP contribution in [0.5, 0.6) is 0 Å². The van der Waals surface area contributed by atoms with E-state index < -0.39 is 23.6 Å². The van der Waals surface area contributed by atoms with Crippen molar-refractivity contribution in [1.82, 2.24) is 14.0 Å². The van der Waals surface area contributed by atoms with Gasteiger partial charge in [0.2, 0.25) is 17.6 Å². The van der Waals surface area contributed by atoms with Crippen molar-refractivity contribution in [1.29, 1.82) is 0 Å². The molecule has 0 aliphatic heterocycles. The molecule has 0 spiro atoms. The van der Waals surface area contributed by atoms with Crippen LogP contribution in [0.4, 0.5) is 24.5 Å². The van der Waals surface area contributed by atoms with E-state index in [1.54, 1.807) is 42.7 Å². The average molecular weight is 538 g/mol. The fourth-order valence-electron chi connectivity index (χ4n) is 4.39. The van der Waals surface area contributed by atoms with E-state index in [1.165, 1.54) is 16.5 Å². The Morgan fingerprint density at radius 1 is 1.05 bits per heavy atom. The summed E-state index contributed by atoms with van der Waals surface area (Å²) in [6.07, 6.45) is -3.04. The zero-order valence-corrected chi connectivity index (χ0v) is 21.5. The molecule has 0 saturated heterocycles. The molecule has 0 fully saturated rings. The highest BCUT2D eigenvalue weighted by atomic mass is 19.4. The summed E-state index contributed by atoms with van der Waals surface area (Å²) in [4.78, 5) is 43.6. The Hall–Kier alpha value is -4.67. The predicted octanol–water partition coefficient (Wildman–Crippen LogP) is 5.12. The molecule has 0 saturated carbocycles. The number of alkyl halides is 3. The Morgan fingerprint density at radius 3 is 2.33 bits per heavy atom. The Balaban J connectivity index is 1.85. The van der Waals surface area contributed by atoms with Crippen molar-refractivity contribution in [2.45, 2.75) is 39.9 Å². The van der Waals surface area contributed by atoms with E-state index in [4.69, 9.17) is 0 Å². The number of hydrogen-bond donors (Lipinski definition) is 2. The van der Waals surface area contributed by atoms with Crippen molar-refractivity contribution in [3.8, 4) is 11.1 Å². The highest BCUT2D eigenvalue weighted by Crippen LogP contribution is 2.31. The lowest BCUT2D eigenvalue weighted by molar-refractivity contribution is -0.137. The first-order valence-electron chi connectivity index (χ1n) is 12.1. The second kappa shape index (κ2) is 10.6. The van der Waals surface area contributed by atoms with Gasteiger partial charge in [0.15, 0.2) is 0 Å². The number of hydrogen-bond acceptors (Lipinski definition) is 4. The summed E-state index contributed by atoms with van der Waals surface area (Å²) in [5.74, 6) is -0.717. The van der Waals surface area contributed by atoms with E-state index in [0.717, 1.165) is 18.2 Å². The Morgan fingerprint density at radius 2 is 1.72 bits per heavy atom. The summed E-state index contributed by atoms with van der Waals surface area (Å²) in [6.45, 7) is 8.52. The van der Waals surface area contributed by atoms with Crippen molar-refractivity contribution in [3.05, 3.63) is 94.2 Å². The van der Waals surface area contributed by atoms with Crippen molar-refractivity contribution in [3.63, 3.8) is 0 Å². The van der Waals surface area contributed by atoms with Crippen LogP contribution in [0.2, 0.25) is 0 Å². The molecule has 0 atom stereocenters. The lowest BCUT2D eigenvalue weighted by Crippen LogP contribution is -2.29. The van der Waals surface area contributed by atoms with E-state index in [9.17, 15) is 27.6 Å². The van der Waals surface area contributed by atoms with E-state index in [0.29, 0.717) is 34.8 Å². The molecule has 11 heteroatoms. The van der Waals surface area contributed by atoms with E-state index in [2.05, 4.69) is 22.2 Å². The number of aryl methyl sites for hydroxylation is 2. The molecule has 2 N–H and O–H groups in total. The largest absolute Gasteiger partial charge is 0.416 e. The molecule has 202 valence electrons. The first kappa shape index (κ1) is 27.4. The topological polar surface area (TPSA) is 97.5 Å². The SMILES string of the molecule is C=CC(=O)Nc1ccccc1-c1c(CC)n(CC(=O)Nc2ccc(C(F)(F)F)cc2)c2nc(C)c(C)n2c1=O. The maximum atomic E-state index is 13.9. The molecule has 2 heterocycles. The molecule has 0 unspecified atom stereocenters. The molecule has 0 aliphatic carbocycles. The number of benzene rings is 2. The molecule has 4 rings (SSSR count). The summed E-state index contributed by atoms with van der Waals surface area (Å²) >= 11 is 0. The minimum atomic E-state index is -4.49. The van der Waals surface area contributed by atoms with Gasteiger partial charge in [-0.15, -0.1) is 0 Å². The van der Waals surface area contributed by atoms with Gasteiger partial charge in [-0.3, -0.25) is 14.4 Å². The van der Waals surface area contributed by atoms with Crippen LogP contribution in [0.3, 0.4) is 0 Å². The summed E-state index contributed by atoms with van der Waals surface area (Å²) in [5, 5.41) is 5.34. The zero-order chi connectivity index (χ0) is 28.5. The minimum Gasteiger partial charge on any atom is -0.325 e. The number of fused-ring (bicyclic) bond motifs is 1. The van der Waals surface area contributed by atoms with Gasteiger partial charge in [0.05, 0.1) is 16.8 Å². The monoisotopic (exact) mass is 537 g/mol. The highest BCUT2D eigenvalue weighted by Gasteiger charge is 2.30. The number of anilines is 2. The third kappa shape index (κ3) is 5.33. The van der Waals surface area contributed by atoms with E-state index >= 15 is 0 Å². The first-order valence-corrected chi connectivity index (χ1v) is 12.1. The van der Waals surface area contributed by atoms with Gasteiger partial charge in [0.1, 0.15) is 6.54 Å². The highest BCUT2D eigenvalue weighted by molar-refractivity contribution is 6.02. The van der Waals surface area contributed by atoms with Gasteiger partial charge in [-0.25, -0.2) is 9.38 Å². The van der Waals surface area contributed by atoms with Crippen LogP contribution in [-0.4, -0.2) is 25.8 Å². The molecule has 8 nitrogen and oxygen atoms in total. The van der Waals surface area contributed by atoms with Gasteiger partial charge >= 0.3 is 6.18 Å². The van der Waals surface area contributed by atoms with Crippen LogP contribution >= 0.6 is 0 Å². The number of para-hydroxylation sites is 1. The molecule has 2 amide bonds. The first-order chi connectivity index (χ1) is 18.5. The summed E-state index contributed by atoms with van der Waals surface area (Å²) in [6, 6.07) is 10.9. The molecular formula is C28H26F3N5O3. The Labute approximate surface area is 221 Å². The summed E-state index contributed by atoms with van der Waals surface area (Å²) in [7, 11) is 0. The second-order valence-corrected chi connectivity index (χ2v) is 8.85. The maximum Gasteiger partial charge on any atom is 0.416 e. The quantitative estimate of drug-likeness (QED) is 0.320. The number of imidazole rings is 1. The molecule has 0 radical (unpaired) electrons. The fraction of sp³-hybridized carbons (Fsp3) is 0.214. The molecule has 0 aliphatic rings. The number of carbonyl (C=O) groups is 2. The molecular weight excluding hydrogens is 511 g/mol. The van der Waals surface area contributed by atoms with Crippen LogP contribution in [0.15, 0.2) is 66.0 Å². The van der Waals surface area contributed by atoms with Crippen molar-refractivity contribution in [2.75, 3.05) is 10.6 Å². The summed E-state index contributed by atoms with van der Waals surface area (Å²) < 4.78 is 41.8. The third-order valence-electron chi connectivity index (χ3n) is 6.37. The Bertz CT molecular complexity index is 1650. The van der Waals surface area contributed by atoms with Gasteiger partial charge in [-0.1, -0.05) is 31.7 Å². The van der Waals surface area contributed by atoms with E-state index in [1.807, 2.05) is 6.92 Å². The molecule has 0 bridgehead atoms. The number of rotatable bonds is 7. The van der Waals surface area contributed by atoms with Crippen LogP contribution in [0.25, 0.3) is 16.9 Å². The average Bonchev–Trinajstić information content (AvgIpc) is 3.20. The second-order valence-electron chi connectivity index (χ2n) is 8.85.